The largest absolute Gasteiger partial charge is 0.394 e. The van der Waals surface area contributed by atoms with Crippen LogP contribution in [0, 0.1) is 52.3 Å². The molecule has 6 saturated heterocycles. The maximum Gasteiger partial charge on any atom is 0.187 e. The Labute approximate surface area is 424 Å². The van der Waals surface area contributed by atoms with Crippen LogP contribution in [0.1, 0.15) is 85.5 Å². The molecule has 6 unspecified atom stereocenters. The van der Waals surface area contributed by atoms with Crippen molar-refractivity contribution in [3.8, 4) is 0 Å². The third kappa shape index (κ3) is 9.49. The molecule has 4 saturated carbocycles. The third-order valence-corrected chi connectivity index (χ3v) is 20.0. The molecule has 0 bridgehead atoms. The molecular weight excluding hydrogens is 969 g/mol. The number of aliphatic hydroxyl groups is 13. The predicted molar refractivity (Wildman–Crippen MR) is 244 cm³/mol. The van der Waals surface area contributed by atoms with Gasteiger partial charge in [0.05, 0.1) is 51.3 Å². The molecule has 10 fully saturated rings. The van der Waals surface area contributed by atoms with Gasteiger partial charge < -0.3 is 114 Å². The van der Waals surface area contributed by atoms with E-state index in [1.165, 1.54) is 0 Å². The number of aliphatic hydroxyl groups excluding tert-OH is 13. The van der Waals surface area contributed by atoms with Crippen molar-refractivity contribution in [2.75, 3.05) is 33.0 Å². The molecule has 0 amide bonds. The Kier molecular flexibility index (Phi) is 16.1. The average Bonchev–Trinajstić information content (AvgIpc) is 3.82. The Morgan fingerprint density at radius 2 is 1.15 bits per heavy atom. The molecule has 0 aromatic carbocycles. The van der Waals surface area contributed by atoms with Crippen LogP contribution >= 0.6 is 0 Å². The second-order valence-electron chi connectivity index (χ2n) is 24.0. The minimum Gasteiger partial charge on any atom is -0.394 e. The molecule has 0 aromatic rings. The number of hydrogen-bond donors (Lipinski definition) is 13. The van der Waals surface area contributed by atoms with Gasteiger partial charge >= 0.3 is 0 Å². The van der Waals surface area contributed by atoms with E-state index in [-0.39, 0.29) is 22.9 Å². The topological polar surface area (TPSA) is 355 Å². The number of ether oxygens (including phenoxy) is 10. The number of hydrogen-bond acceptors (Lipinski definition) is 23. The van der Waals surface area contributed by atoms with E-state index >= 15 is 0 Å². The van der Waals surface area contributed by atoms with Crippen molar-refractivity contribution in [2.45, 2.75) is 226 Å². The second-order valence-corrected chi connectivity index (χ2v) is 24.0. The van der Waals surface area contributed by atoms with Crippen LogP contribution < -0.4 is 0 Å². The van der Waals surface area contributed by atoms with Crippen LogP contribution in [0.15, 0.2) is 0 Å². The van der Waals surface area contributed by atoms with Crippen LogP contribution in [0.3, 0.4) is 0 Å². The summed E-state index contributed by atoms with van der Waals surface area (Å²) in [6.07, 6.45) is -27.2. The maximum atomic E-state index is 12.0. The molecule has 0 aromatic heterocycles. The van der Waals surface area contributed by atoms with Gasteiger partial charge in [-0.2, -0.15) is 0 Å². The lowest BCUT2D eigenvalue weighted by Gasteiger charge is -2.62. The van der Waals surface area contributed by atoms with Gasteiger partial charge in [-0.3, -0.25) is 0 Å². The molecule has 420 valence electrons. The standard InChI is InChI=1S/C50H82O23/c1-19-7-10-50(65-17-19)20(2)32-28(73-50)12-24-22-6-5-21-11-27(25(54)13-49(21,4)23(22)8-9-48(24,32)3)66-45-40(63)37(60)41(31(16-53)69-45)70-47-43(72-46-39(62)36(59)34(57)29(14-51)67-46)42(35(58)30(15-52)68-47)71-44-38(61)33(56)26(55)18-64-44/h19-47,51-63H,5-18H2,1-4H3/t19-,20?,21+,22?,23?,24+,25-,26-,27-,28?,29-,30-,31-,32?,33+,34+,35-,36+,37-,38-,39-,40-,41+,42+,43-,44+,45-,46+,47+,48+,49+,50?/m1/s1. The van der Waals surface area contributed by atoms with Crippen molar-refractivity contribution >= 4 is 0 Å². The molecule has 32 atom stereocenters. The molecule has 13 N–H and O–H groups in total. The average molecular weight is 1050 g/mol. The molecule has 1 spiro atoms. The minimum atomic E-state index is -2.02. The van der Waals surface area contributed by atoms with Crippen LogP contribution in [0.2, 0.25) is 0 Å². The quantitative estimate of drug-likeness (QED) is 0.0902. The fraction of sp³-hybridized carbons (Fsp3) is 1.00. The van der Waals surface area contributed by atoms with Gasteiger partial charge in [0.25, 0.3) is 0 Å². The van der Waals surface area contributed by atoms with Crippen molar-refractivity contribution in [1.29, 1.82) is 0 Å². The lowest BCUT2D eigenvalue weighted by atomic mass is 9.44. The summed E-state index contributed by atoms with van der Waals surface area (Å²) in [5, 5.41) is 141. The first-order valence-corrected chi connectivity index (χ1v) is 26.8. The summed E-state index contributed by atoms with van der Waals surface area (Å²) in [5.41, 5.74) is -0.0565. The van der Waals surface area contributed by atoms with Crippen molar-refractivity contribution in [2.24, 2.45) is 52.3 Å². The van der Waals surface area contributed by atoms with Crippen molar-refractivity contribution in [1.82, 2.24) is 0 Å². The van der Waals surface area contributed by atoms with Crippen molar-refractivity contribution in [3.05, 3.63) is 0 Å². The first-order chi connectivity index (χ1) is 34.7. The Bertz CT molecular complexity index is 1860. The Balaban J connectivity index is 0.824. The van der Waals surface area contributed by atoms with Gasteiger partial charge in [0, 0.05) is 12.3 Å². The Hall–Kier alpha value is -0.920. The van der Waals surface area contributed by atoms with Gasteiger partial charge in [-0.1, -0.05) is 27.7 Å². The molecule has 6 aliphatic heterocycles. The molecular formula is C50H82O23. The minimum absolute atomic E-state index is 0.130. The van der Waals surface area contributed by atoms with Crippen LogP contribution in [0.4, 0.5) is 0 Å². The normalized spacial score (nSPS) is 58.2. The second kappa shape index (κ2) is 21.3. The highest BCUT2D eigenvalue weighted by Crippen LogP contribution is 2.71. The number of fused-ring (bicyclic) bond motifs is 7. The monoisotopic (exact) mass is 1050 g/mol. The summed E-state index contributed by atoms with van der Waals surface area (Å²) in [5.74, 6) is 2.34. The first kappa shape index (κ1) is 55.4. The lowest BCUT2D eigenvalue weighted by Crippen LogP contribution is -2.68. The fourth-order valence-corrected chi connectivity index (χ4v) is 15.9. The third-order valence-electron chi connectivity index (χ3n) is 20.0. The van der Waals surface area contributed by atoms with Crippen molar-refractivity contribution in [3.63, 3.8) is 0 Å². The molecule has 6 heterocycles. The van der Waals surface area contributed by atoms with E-state index in [0.717, 1.165) is 51.6 Å². The van der Waals surface area contributed by atoms with E-state index in [9.17, 15) is 66.4 Å². The van der Waals surface area contributed by atoms with E-state index in [4.69, 9.17) is 47.4 Å². The summed E-state index contributed by atoms with van der Waals surface area (Å²) in [7, 11) is 0. The van der Waals surface area contributed by atoms with E-state index < -0.39 is 161 Å². The zero-order chi connectivity index (χ0) is 52.2. The van der Waals surface area contributed by atoms with Crippen molar-refractivity contribution < 1.29 is 114 Å². The number of rotatable bonds is 11. The van der Waals surface area contributed by atoms with Gasteiger partial charge in [0.15, 0.2) is 30.9 Å². The van der Waals surface area contributed by atoms with Crippen LogP contribution in [0.5, 0.6) is 0 Å². The van der Waals surface area contributed by atoms with E-state index in [1.807, 2.05) is 0 Å². The lowest BCUT2D eigenvalue weighted by molar-refractivity contribution is -0.404. The molecule has 10 aliphatic rings. The summed E-state index contributed by atoms with van der Waals surface area (Å²) in [6, 6.07) is 0. The predicted octanol–water partition coefficient (Wildman–Crippen LogP) is -3.30. The fourth-order valence-electron chi connectivity index (χ4n) is 15.9. The molecule has 23 nitrogen and oxygen atoms in total. The summed E-state index contributed by atoms with van der Waals surface area (Å²) < 4.78 is 61.1. The zero-order valence-corrected chi connectivity index (χ0v) is 42.0. The molecule has 73 heavy (non-hydrogen) atoms. The Morgan fingerprint density at radius 3 is 1.85 bits per heavy atom. The van der Waals surface area contributed by atoms with Gasteiger partial charge in [-0.25, -0.2) is 0 Å². The molecule has 4 aliphatic carbocycles. The van der Waals surface area contributed by atoms with Gasteiger partial charge in [0.1, 0.15) is 91.6 Å². The first-order valence-electron chi connectivity index (χ1n) is 26.8. The smallest absolute Gasteiger partial charge is 0.187 e. The molecule has 0 radical (unpaired) electrons. The van der Waals surface area contributed by atoms with E-state index in [1.54, 1.807) is 0 Å². The maximum absolute atomic E-state index is 12.0. The van der Waals surface area contributed by atoms with Crippen LogP contribution in [-0.2, 0) is 47.4 Å². The molecule has 23 heteroatoms. The van der Waals surface area contributed by atoms with Gasteiger partial charge in [-0.05, 0) is 97.7 Å². The summed E-state index contributed by atoms with van der Waals surface area (Å²) in [6.45, 7) is 7.02. The highest BCUT2D eigenvalue weighted by Gasteiger charge is 2.70. The highest BCUT2D eigenvalue weighted by molar-refractivity contribution is 5.16. The van der Waals surface area contributed by atoms with Gasteiger partial charge in [-0.15, -0.1) is 0 Å². The Morgan fingerprint density at radius 1 is 0.521 bits per heavy atom. The van der Waals surface area contributed by atoms with E-state index in [2.05, 4.69) is 27.7 Å². The van der Waals surface area contributed by atoms with Gasteiger partial charge in [0.2, 0.25) is 0 Å². The van der Waals surface area contributed by atoms with Crippen LogP contribution in [0.25, 0.3) is 0 Å². The summed E-state index contributed by atoms with van der Waals surface area (Å²) >= 11 is 0. The van der Waals surface area contributed by atoms with E-state index in [0.29, 0.717) is 48.3 Å². The zero-order valence-electron chi connectivity index (χ0n) is 42.0. The SMILES string of the molecule is CC1C2C(C[C@H]3C4CC[C@H]5C[C@@H](O[C@@H]6O[C@H](CO)[C@H](O[C@@H]7O[C@H](CO)[C@@H](O)[C@H](O[C@@H]8OC[C@@H](O)[C@H](O)[C@H]8O)[C@H]7O[C@@H]7O[C@H](CO)[C@H](O)[C@H](O)[C@H]7O)[C@H](O)[C@H]6O)[C@H](O)C[C@]5(C)C4CC[C@]23C)OC12CC[C@@H](C)CO2. The highest BCUT2D eigenvalue weighted by atomic mass is 16.8. The summed E-state index contributed by atoms with van der Waals surface area (Å²) in [4.78, 5) is 0. The molecule has 10 rings (SSSR count). The van der Waals surface area contributed by atoms with Crippen LogP contribution in [-0.4, -0.2) is 240 Å².